The predicted octanol–water partition coefficient (Wildman–Crippen LogP) is 3.10. The lowest BCUT2D eigenvalue weighted by molar-refractivity contribution is 0.302. The SMILES string of the molecule is NNc1ccnc(COc2ccc3ccccc3c2)c1. The van der Waals surface area contributed by atoms with E-state index in [1.165, 1.54) is 5.39 Å². The summed E-state index contributed by atoms with van der Waals surface area (Å²) in [4.78, 5) is 4.24. The molecule has 0 aliphatic carbocycles. The maximum absolute atomic E-state index is 5.77. The van der Waals surface area contributed by atoms with Gasteiger partial charge in [-0.2, -0.15) is 0 Å². The van der Waals surface area contributed by atoms with Crippen LogP contribution in [0.2, 0.25) is 0 Å². The first-order valence-electron chi connectivity index (χ1n) is 6.38. The Labute approximate surface area is 117 Å². The van der Waals surface area contributed by atoms with Crippen LogP contribution in [-0.2, 0) is 6.61 Å². The van der Waals surface area contributed by atoms with Crippen molar-refractivity contribution in [2.45, 2.75) is 6.61 Å². The Morgan fingerprint density at radius 2 is 1.85 bits per heavy atom. The summed E-state index contributed by atoms with van der Waals surface area (Å²) in [6.45, 7) is 0.411. The zero-order valence-corrected chi connectivity index (χ0v) is 10.9. The van der Waals surface area contributed by atoms with Crippen molar-refractivity contribution in [2.24, 2.45) is 5.84 Å². The largest absolute Gasteiger partial charge is 0.487 e. The molecule has 3 rings (SSSR count). The van der Waals surface area contributed by atoms with Crippen molar-refractivity contribution >= 4 is 16.5 Å². The number of hydrogen-bond acceptors (Lipinski definition) is 4. The van der Waals surface area contributed by atoms with Crippen LogP contribution in [-0.4, -0.2) is 4.98 Å². The van der Waals surface area contributed by atoms with E-state index < -0.39 is 0 Å². The second-order valence-corrected chi connectivity index (χ2v) is 4.48. The topological polar surface area (TPSA) is 60.2 Å². The number of nitrogens with two attached hydrogens (primary N) is 1. The normalized spacial score (nSPS) is 10.4. The Morgan fingerprint density at radius 1 is 1.00 bits per heavy atom. The lowest BCUT2D eigenvalue weighted by atomic mass is 10.1. The van der Waals surface area contributed by atoms with E-state index in [-0.39, 0.29) is 0 Å². The maximum atomic E-state index is 5.77. The number of anilines is 1. The summed E-state index contributed by atoms with van der Waals surface area (Å²) < 4.78 is 5.77. The van der Waals surface area contributed by atoms with Gasteiger partial charge in [0.25, 0.3) is 0 Å². The number of benzene rings is 2. The second-order valence-electron chi connectivity index (χ2n) is 4.48. The number of rotatable bonds is 4. The Morgan fingerprint density at radius 3 is 2.70 bits per heavy atom. The number of nitrogens with one attached hydrogen (secondary N) is 1. The summed E-state index contributed by atoms with van der Waals surface area (Å²) in [5.74, 6) is 6.20. The summed E-state index contributed by atoms with van der Waals surface area (Å²) in [6, 6.07) is 17.9. The molecule has 20 heavy (non-hydrogen) atoms. The highest BCUT2D eigenvalue weighted by atomic mass is 16.5. The van der Waals surface area contributed by atoms with E-state index in [1.807, 2.05) is 30.3 Å². The van der Waals surface area contributed by atoms with Gasteiger partial charge in [0.15, 0.2) is 0 Å². The van der Waals surface area contributed by atoms with Gasteiger partial charge in [-0.1, -0.05) is 30.3 Å². The molecule has 4 heteroatoms. The zero-order chi connectivity index (χ0) is 13.8. The van der Waals surface area contributed by atoms with Crippen molar-refractivity contribution in [3.8, 4) is 5.75 Å². The molecule has 3 N–H and O–H groups in total. The molecule has 0 aliphatic heterocycles. The maximum Gasteiger partial charge on any atom is 0.130 e. The molecule has 1 heterocycles. The van der Waals surface area contributed by atoms with Gasteiger partial charge in [-0.25, -0.2) is 0 Å². The zero-order valence-electron chi connectivity index (χ0n) is 10.9. The molecule has 0 unspecified atom stereocenters. The van der Waals surface area contributed by atoms with Gasteiger partial charge in [0.05, 0.1) is 11.4 Å². The third-order valence-electron chi connectivity index (χ3n) is 3.09. The first-order valence-corrected chi connectivity index (χ1v) is 6.38. The Hall–Kier alpha value is -2.59. The van der Waals surface area contributed by atoms with Crippen molar-refractivity contribution < 1.29 is 4.74 Å². The molecular formula is C16H15N3O. The van der Waals surface area contributed by atoms with Gasteiger partial charge in [0.1, 0.15) is 12.4 Å². The minimum atomic E-state index is 0.411. The predicted molar refractivity (Wildman–Crippen MR) is 80.3 cm³/mol. The van der Waals surface area contributed by atoms with Gasteiger partial charge < -0.3 is 10.2 Å². The van der Waals surface area contributed by atoms with Gasteiger partial charge in [-0.05, 0) is 35.0 Å². The summed E-state index contributed by atoms with van der Waals surface area (Å²) in [6.07, 6.45) is 1.70. The minimum absolute atomic E-state index is 0.411. The highest BCUT2D eigenvalue weighted by molar-refractivity contribution is 5.83. The number of pyridine rings is 1. The van der Waals surface area contributed by atoms with Gasteiger partial charge >= 0.3 is 0 Å². The summed E-state index contributed by atoms with van der Waals surface area (Å²) in [5.41, 5.74) is 4.24. The van der Waals surface area contributed by atoms with E-state index in [0.717, 1.165) is 22.5 Å². The first-order chi connectivity index (χ1) is 9.85. The monoisotopic (exact) mass is 265 g/mol. The van der Waals surface area contributed by atoms with E-state index in [9.17, 15) is 0 Å². The molecular weight excluding hydrogens is 250 g/mol. The molecule has 4 nitrogen and oxygen atoms in total. The fraction of sp³-hybridized carbons (Fsp3) is 0.0625. The number of hydrazine groups is 1. The smallest absolute Gasteiger partial charge is 0.130 e. The van der Waals surface area contributed by atoms with Crippen LogP contribution in [0.1, 0.15) is 5.69 Å². The molecule has 0 amide bonds. The fourth-order valence-corrected chi connectivity index (χ4v) is 2.06. The van der Waals surface area contributed by atoms with Crippen LogP contribution < -0.4 is 16.0 Å². The van der Waals surface area contributed by atoms with E-state index in [0.29, 0.717) is 6.61 Å². The Kier molecular flexibility index (Phi) is 3.48. The average molecular weight is 265 g/mol. The van der Waals surface area contributed by atoms with Gasteiger partial charge in [0.2, 0.25) is 0 Å². The van der Waals surface area contributed by atoms with Crippen LogP contribution in [0.25, 0.3) is 10.8 Å². The van der Waals surface area contributed by atoms with Gasteiger partial charge in [-0.3, -0.25) is 10.8 Å². The van der Waals surface area contributed by atoms with E-state index >= 15 is 0 Å². The van der Waals surface area contributed by atoms with Crippen molar-refractivity contribution in [3.63, 3.8) is 0 Å². The number of aromatic nitrogens is 1. The van der Waals surface area contributed by atoms with Crippen LogP contribution in [0.3, 0.4) is 0 Å². The lowest BCUT2D eigenvalue weighted by Crippen LogP contribution is -2.08. The van der Waals surface area contributed by atoms with E-state index in [4.69, 9.17) is 10.6 Å². The number of ether oxygens (including phenoxy) is 1. The Bertz CT molecular complexity index is 727. The molecule has 0 bridgehead atoms. The van der Waals surface area contributed by atoms with Crippen LogP contribution >= 0.6 is 0 Å². The van der Waals surface area contributed by atoms with Gasteiger partial charge in [0, 0.05) is 6.20 Å². The Balaban J connectivity index is 1.76. The summed E-state index contributed by atoms with van der Waals surface area (Å²) >= 11 is 0. The highest BCUT2D eigenvalue weighted by Gasteiger charge is 2.00. The van der Waals surface area contributed by atoms with Crippen molar-refractivity contribution in [1.82, 2.24) is 4.98 Å². The number of nitrogen functional groups attached to an aromatic ring is 1. The molecule has 0 aliphatic rings. The molecule has 1 aromatic heterocycles. The molecule has 3 aromatic rings. The standard InChI is InChI=1S/C16H15N3O/c17-19-14-7-8-18-15(10-14)11-20-16-6-5-12-3-1-2-4-13(12)9-16/h1-10H,11,17H2,(H,18,19). The molecule has 0 fully saturated rings. The summed E-state index contributed by atoms with van der Waals surface area (Å²) in [7, 11) is 0. The number of fused-ring (bicyclic) bond motifs is 1. The highest BCUT2D eigenvalue weighted by Crippen LogP contribution is 2.21. The summed E-state index contributed by atoms with van der Waals surface area (Å²) in [5, 5.41) is 2.36. The lowest BCUT2D eigenvalue weighted by Gasteiger charge is -2.08. The number of nitrogens with zero attached hydrogens (tertiary/aromatic N) is 1. The second kappa shape index (κ2) is 5.59. The molecule has 100 valence electrons. The quantitative estimate of drug-likeness (QED) is 0.562. The van der Waals surface area contributed by atoms with Crippen molar-refractivity contribution in [2.75, 3.05) is 5.43 Å². The third-order valence-corrected chi connectivity index (χ3v) is 3.09. The van der Waals surface area contributed by atoms with Crippen molar-refractivity contribution in [1.29, 1.82) is 0 Å². The molecule has 0 atom stereocenters. The van der Waals surface area contributed by atoms with Crippen LogP contribution in [0.15, 0.2) is 60.8 Å². The van der Waals surface area contributed by atoms with E-state index in [2.05, 4.69) is 28.6 Å². The number of hydrogen-bond donors (Lipinski definition) is 2. The van der Waals surface area contributed by atoms with Crippen molar-refractivity contribution in [3.05, 3.63) is 66.5 Å². The molecule has 0 spiro atoms. The average Bonchev–Trinajstić information content (AvgIpc) is 2.53. The van der Waals surface area contributed by atoms with Crippen LogP contribution in [0.4, 0.5) is 5.69 Å². The van der Waals surface area contributed by atoms with E-state index in [1.54, 1.807) is 12.3 Å². The fourth-order valence-electron chi connectivity index (χ4n) is 2.06. The molecule has 2 aromatic carbocycles. The first kappa shape index (κ1) is 12.4. The molecule has 0 radical (unpaired) electrons. The third kappa shape index (κ3) is 2.70. The van der Waals surface area contributed by atoms with Gasteiger partial charge in [-0.15, -0.1) is 0 Å². The minimum Gasteiger partial charge on any atom is -0.487 e. The molecule has 0 saturated carbocycles. The molecule has 0 saturated heterocycles. The van der Waals surface area contributed by atoms with Crippen LogP contribution in [0, 0.1) is 0 Å². The van der Waals surface area contributed by atoms with Crippen LogP contribution in [0.5, 0.6) is 5.75 Å².